The Labute approximate surface area is 96.4 Å². The van der Waals surface area contributed by atoms with E-state index in [0.29, 0.717) is 0 Å². The van der Waals surface area contributed by atoms with Crippen molar-refractivity contribution in [2.24, 2.45) is 5.73 Å². The monoisotopic (exact) mass is 249 g/mol. The molecule has 0 bridgehead atoms. The molecule has 17 heavy (non-hydrogen) atoms. The number of rotatable bonds is 3. The molecule has 1 fully saturated rings. The lowest BCUT2D eigenvalue weighted by Crippen LogP contribution is -2.33. The zero-order chi connectivity index (χ0) is 12.5. The van der Waals surface area contributed by atoms with Gasteiger partial charge in [0.15, 0.2) is 5.82 Å². The molecule has 0 saturated heterocycles. The van der Waals surface area contributed by atoms with Crippen molar-refractivity contribution >= 4 is 0 Å². The van der Waals surface area contributed by atoms with Gasteiger partial charge in [-0.05, 0) is 12.8 Å². The Morgan fingerprint density at radius 1 is 1.29 bits per heavy atom. The fourth-order valence-corrected chi connectivity index (χ4v) is 2.03. The van der Waals surface area contributed by atoms with Crippen molar-refractivity contribution in [2.45, 2.75) is 50.2 Å². The van der Waals surface area contributed by atoms with Crippen LogP contribution >= 0.6 is 0 Å². The van der Waals surface area contributed by atoms with Crippen molar-refractivity contribution in [3.8, 4) is 0 Å². The lowest BCUT2D eigenvalue weighted by molar-refractivity contribution is -0.134. The van der Waals surface area contributed by atoms with Gasteiger partial charge < -0.3 is 10.3 Å². The minimum absolute atomic E-state index is 0.0778. The van der Waals surface area contributed by atoms with Gasteiger partial charge in [-0.15, -0.1) is 0 Å². The third-order valence-corrected chi connectivity index (χ3v) is 3.02. The van der Waals surface area contributed by atoms with Crippen LogP contribution in [0.5, 0.6) is 0 Å². The fraction of sp³-hybridized carbons (Fsp3) is 0.800. The van der Waals surface area contributed by atoms with Crippen LogP contribution in [0.3, 0.4) is 0 Å². The summed E-state index contributed by atoms with van der Waals surface area (Å²) in [5.74, 6) is 0.348. The molecule has 96 valence electrons. The average molecular weight is 249 g/mol. The molecule has 1 aromatic rings. The molecule has 0 radical (unpaired) electrons. The smallest absolute Gasteiger partial charge is 0.337 e. The summed E-state index contributed by atoms with van der Waals surface area (Å²) in [7, 11) is 0. The first-order valence-electron chi connectivity index (χ1n) is 5.58. The van der Waals surface area contributed by atoms with Crippen molar-refractivity contribution in [2.75, 3.05) is 0 Å². The maximum absolute atomic E-state index is 12.0. The second kappa shape index (κ2) is 4.29. The second-order valence-corrected chi connectivity index (χ2v) is 4.49. The van der Waals surface area contributed by atoms with Crippen LogP contribution in [0.1, 0.15) is 43.8 Å². The molecule has 0 aromatic carbocycles. The Bertz CT molecular complexity index is 382. The summed E-state index contributed by atoms with van der Waals surface area (Å²) in [6, 6.07) is 0. The van der Waals surface area contributed by atoms with Gasteiger partial charge in [0.05, 0.1) is 12.0 Å². The third kappa shape index (κ3) is 2.96. The molecule has 1 aromatic heterocycles. The first kappa shape index (κ1) is 12.3. The van der Waals surface area contributed by atoms with Gasteiger partial charge in [-0.1, -0.05) is 18.0 Å². The van der Waals surface area contributed by atoms with Crippen LogP contribution in [0, 0.1) is 0 Å². The zero-order valence-electron chi connectivity index (χ0n) is 9.26. The Morgan fingerprint density at radius 3 is 2.53 bits per heavy atom. The Hall–Kier alpha value is -1.11. The predicted molar refractivity (Wildman–Crippen MR) is 53.0 cm³/mol. The molecule has 1 heterocycles. The molecular formula is C10H14F3N3O. The van der Waals surface area contributed by atoms with Gasteiger partial charge in [-0.2, -0.15) is 18.2 Å². The van der Waals surface area contributed by atoms with E-state index in [1.165, 1.54) is 0 Å². The van der Waals surface area contributed by atoms with Crippen molar-refractivity contribution < 1.29 is 17.7 Å². The van der Waals surface area contributed by atoms with Gasteiger partial charge in [0.1, 0.15) is 0 Å². The van der Waals surface area contributed by atoms with Crippen LogP contribution in [0.25, 0.3) is 0 Å². The Kier molecular flexibility index (Phi) is 3.11. The molecule has 0 unspecified atom stereocenters. The lowest BCUT2D eigenvalue weighted by Gasteiger charge is -2.17. The number of alkyl halides is 3. The highest BCUT2D eigenvalue weighted by atomic mass is 19.4. The second-order valence-electron chi connectivity index (χ2n) is 4.49. The Balaban J connectivity index is 2.01. The molecule has 2 N–H and O–H groups in total. The number of aryl methyl sites for hydroxylation is 1. The molecular weight excluding hydrogens is 235 g/mol. The molecule has 0 atom stereocenters. The summed E-state index contributed by atoms with van der Waals surface area (Å²) >= 11 is 0. The summed E-state index contributed by atoms with van der Waals surface area (Å²) in [4.78, 5) is 3.96. The SMILES string of the molecule is NC1(c2nc(CCC(F)(F)F)no2)CCCC1. The number of nitrogens with two attached hydrogens (primary N) is 1. The molecule has 4 nitrogen and oxygen atoms in total. The number of nitrogens with zero attached hydrogens (tertiary/aromatic N) is 2. The zero-order valence-corrected chi connectivity index (χ0v) is 9.26. The van der Waals surface area contributed by atoms with Gasteiger partial charge in [0, 0.05) is 6.42 Å². The van der Waals surface area contributed by atoms with E-state index in [-0.39, 0.29) is 18.1 Å². The van der Waals surface area contributed by atoms with E-state index in [4.69, 9.17) is 10.3 Å². The van der Waals surface area contributed by atoms with Crippen LogP contribution in [-0.2, 0) is 12.0 Å². The van der Waals surface area contributed by atoms with E-state index in [1.54, 1.807) is 0 Å². The van der Waals surface area contributed by atoms with Gasteiger partial charge >= 0.3 is 6.18 Å². The highest BCUT2D eigenvalue weighted by molar-refractivity contribution is 5.04. The Morgan fingerprint density at radius 2 is 1.94 bits per heavy atom. The minimum atomic E-state index is -4.20. The van der Waals surface area contributed by atoms with Crippen LogP contribution in [0.4, 0.5) is 13.2 Å². The summed E-state index contributed by atoms with van der Waals surface area (Å²) in [6.07, 6.45) is -1.95. The third-order valence-electron chi connectivity index (χ3n) is 3.02. The molecule has 0 aliphatic heterocycles. The van der Waals surface area contributed by atoms with Crippen molar-refractivity contribution in [3.63, 3.8) is 0 Å². The number of hydrogen-bond acceptors (Lipinski definition) is 4. The summed E-state index contributed by atoms with van der Waals surface area (Å²) < 4.78 is 41.0. The topological polar surface area (TPSA) is 64.9 Å². The van der Waals surface area contributed by atoms with Crippen LogP contribution in [0.2, 0.25) is 0 Å². The molecule has 1 saturated carbocycles. The van der Waals surface area contributed by atoms with Gasteiger partial charge in [-0.25, -0.2) is 0 Å². The van der Waals surface area contributed by atoms with Gasteiger partial charge in [0.2, 0.25) is 5.89 Å². The first-order valence-corrected chi connectivity index (χ1v) is 5.58. The normalized spacial score (nSPS) is 19.8. The average Bonchev–Trinajstić information content (AvgIpc) is 2.83. The van der Waals surface area contributed by atoms with Crippen molar-refractivity contribution in [1.29, 1.82) is 0 Å². The molecule has 7 heteroatoms. The highest BCUT2D eigenvalue weighted by Crippen LogP contribution is 2.35. The molecule has 2 rings (SSSR count). The number of aromatic nitrogens is 2. The maximum Gasteiger partial charge on any atom is 0.389 e. The summed E-state index contributed by atoms with van der Waals surface area (Å²) in [6.45, 7) is 0. The molecule has 0 amide bonds. The van der Waals surface area contributed by atoms with E-state index in [1.807, 2.05) is 0 Å². The van der Waals surface area contributed by atoms with E-state index in [2.05, 4.69) is 10.1 Å². The first-order chi connectivity index (χ1) is 7.89. The van der Waals surface area contributed by atoms with Gasteiger partial charge in [0.25, 0.3) is 0 Å². The van der Waals surface area contributed by atoms with E-state index in [9.17, 15) is 13.2 Å². The number of hydrogen-bond donors (Lipinski definition) is 1. The largest absolute Gasteiger partial charge is 0.389 e. The standard InChI is InChI=1S/C10H14F3N3O/c11-10(12,13)6-3-7-15-8(17-16-7)9(14)4-1-2-5-9/h1-6,14H2. The highest BCUT2D eigenvalue weighted by Gasteiger charge is 2.37. The van der Waals surface area contributed by atoms with E-state index in [0.717, 1.165) is 25.7 Å². The fourth-order valence-electron chi connectivity index (χ4n) is 2.03. The van der Waals surface area contributed by atoms with Gasteiger partial charge in [-0.3, -0.25) is 0 Å². The van der Waals surface area contributed by atoms with E-state index < -0.39 is 18.1 Å². The van der Waals surface area contributed by atoms with Crippen LogP contribution < -0.4 is 5.73 Å². The quantitative estimate of drug-likeness (QED) is 0.892. The van der Waals surface area contributed by atoms with E-state index >= 15 is 0 Å². The number of halogens is 3. The maximum atomic E-state index is 12.0. The summed E-state index contributed by atoms with van der Waals surface area (Å²) in [5, 5.41) is 3.54. The van der Waals surface area contributed by atoms with Crippen LogP contribution in [0.15, 0.2) is 4.52 Å². The minimum Gasteiger partial charge on any atom is -0.337 e. The summed E-state index contributed by atoms with van der Waals surface area (Å²) in [5.41, 5.74) is 5.42. The molecule has 0 spiro atoms. The predicted octanol–water partition coefficient (Wildman–Crippen LogP) is 2.29. The van der Waals surface area contributed by atoms with Crippen molar-refractivity contribution in [3.05, 3.63) is 11.7 Å². The molecule has 1 aliphatic carbocycles. The molecule has 1 aliphatic rings. The lowest BCUT2D eigenvalue weighted by atomic mass is 9.99. The van der Waals surface area contributed by atoms with Crippen LogP contribution in [-0.4, -0.2) is 16.3 Å². The van der Waals surface area contributed by atoms with Crippen molar-refractivity contribution in [1.82, 2.24) is 10.1 Å².